The van der Waals surface area contributed by atoms with Crippen LogP contribution < -0.4 is 4.74 Å². The predicted molar refractivity (Wildman–Crippen MR) is 82.3 cm³/mol. The fourth-order valence-corrected chi connectivity index (χ4v) is 2.33. The van der Waals surface area contributed by atoms with Crippen LogP contribution in [0.3, 0.4) is 0 Å². The third kappa shape index (κ3) is 2.76. The van der Waals surface area contributed by atoms with Crippen molar-refractivity contribution >= 4 is 11.6 Å². The van der Waals surface area contributed by atoms with E-state index in [4.69, 9.17) is 16.3 Å². The summed E-state index contributed by atoms with van der Waals surface area (Å²) < 4.78 is 7.76. The highest BCUT2D eigenvalue weighted by Gasteiger charge is 2.14. The lowest BCUT2D eigenvalue weighted by molar-refractivity contribution is 0.479. The predicted octanol–water partition coefficient (Wildman–Crippen LogP) is 4.28. The largest absolute Gasteiger partial charge is 0.455 e. The fourth-order valence-electron chi connectivity index (χ4n) is 2.11. The molecule has 3 rings (SSSR count). The molecule has 0 radical (unpaired) electrons. The average Bonchev–Trinajstić information content (AvgIpc) is 2.90. The molecule has 0 amide bonds. The minimum absolute atomic E-state index is 0.330. The van der Waals surface area contributed by atoms with Gasteiger partial charge in [-0.25, -0.2) is 0 Å². The van der Waals surface area contributed by atoms with E-state index in [-0.39, 0.29) is 0 Å². The molecule has 0 saturated carbocycles. The van der Waals surface area contributed by atoms with E-state index in [1.807, 2.05) is 61.5 Å². The lowest BCUT2D eigenvalue weighted by Gasteiger charge is -2.13. The normalized spacial score (nSPS) is 10.6. The molecule has 0 saturated heterocycles. The van der Waals surface area contributed by atoms with Crippen LogP contribution in [0.2, 0.25) is 5.28 Å². The Hall–Kier alpha value is -2.33. The first kappa shape index (κ1) is 13.6. The van der Waals surface area contributed by atoms with E-state index in [2.05, 4.69) is 10.2 Å². The van der Waals surface area contributed by atoms with Crippen LogP contribution in [-0.2, 0) is 6.42 Å². The molecule has 0 atom stereocenters. The molecular formula is C16H14ClN3O. The summed E-state index contributed by atoms with van der Waals surface area (Å²) in [5, 5.41) is 8.35. The highest BCUT2D eigenvalue weighted by molar-refractivity contribution is 6.28. The summed E-state index contributed by atoms with van der Waals surface area (Å²) in [6.45, 7) is 2.01. The van der Waals surface area contributed by atoms with E-state index < -0.39 is 0 Å². The van der Waals surface area contributed by atoms with E-state index in [9.17, 15) is 0 Å². The van der Waals surface area contributed by atoms with Gasteiger partial charge < -0.3 is 4.74 Å². The van der Waals surface area contributed by atoms with Gasteiger partial charge in [-0.1, -0.05) is 37.3 Å². The highest BCUT2D eigenvalue weighted by atomic mass is 35.5. The van der Waals surface area contributed by atoms with Crippen LogP contribution >= 0.6 is 11.6 Å². The fraction of sp³-hybridized carbons (Fsp3) is 0.125. The summed E-state index contributed by atoms with van der Waals surface area (Å²) in [5.74, 6) is 2.27. The molecule has 0 aliphatic carbocycles. The molecule has 4 nitrogen and oxygen atoms in total. The van der Waals surface area contributed by atoms with Crippen LogP contribution in [0.1, 0.15) is 12.7 Å². The van der Waals surface area contributed by atoms with Crippen molar-refractivity contribution in [2.45, 2.75) is 13.3 Å². The SMILES string of the molecule is CCc1nnc(Cl)n1-c1ccccc1Oc1ccccc1. The molecule has 0 N–H and O–H groups in total. The van der Waals surface area contributed by atoms with Gasteiger partial charge in [0.1, 0.15) is 11.6 Å². The smallest absolute Gasteiger partial charge is 0.229 e. The van der Waals surface area contributed by atoms with Gasteiger partial charge in [0.05, 0.1) is 5.69 Å². The second kappa shape index (κ2) is 5.97. The molecule has 1 aromatic heterocycles. The lowest BCUT2D eigenvalue weighted by atomic mass is 10.2. The molecule has 0 aliphatic rings. The number of halogens is 1. The van der Waals surface area contributed by atoms with Crippen molar-refractivity contribution in [2.75, 3.05) is 0 Å². The monoisotopic (exact) mass is 299 g/mol. The van der Waals surface area contributed by atoms with Crippen molar-refractivity contribution in [2.24, 2.45) is 0 Å². The number of hydrogen-bond acceptors (Lipinski definition) is 3. The van der Waals surface area contributed by atoms with Crippen LogP contribution in [0.15, 0.2) is 54.6 Å². The first-order chi connectivity index (χ1) is 10.3. The van der Waals surface area contributed by atoms with E-state index in [1.54, 1.807) is 4.57 Å². The molecule has 106 valence electrons. The number of hydrogen-bond donors (Lipinski definition) is 0. The Balaban J connectivity index is 2.06. The minimum atomic E-state index is 0.330. The molecular weight excluding hydrogens is 286 g/mol. The standard InChI is InChI=1S/C16H14ClN3O/c1-2-15-18-19-16(17)20(15)13-10-6-7-11-14(13)21-12-8-4-3-5-9-12/h3-11H,2H2,1H3. The zero-order valence-electron chi connectivity index (χ0n) is 11.5. The van der Waals surface area contributed by atoms with Gasteiger partial charge in [0.15, 0.2) is 5.75 Å². The van der Waals surface area contributed by atoms with Gasteiger partial charge in [-0.15, -0.1) is 10.2 Å². The zero-order chi connectivity index (χ0) is 14.7. The average molecular weight is 300 g/mol. The van der Waals surface area contributed by atoms with Gasteiger partial charge in [0, 0.05) is 6.42 Å². The van der Waals surface area contributed by atoms with E-state index in [0.717, 1.165) is 23.7 Å². The molecule has 2 aromatic carbocycles. The van der Waals surface area contributed by atoms with Crippen LogP contribution in [0.5, 0.6) is 11.5 Å². The maximum Gasteiger partial charge on any atom is 0.229 e. The molecule has 21 heavy (non-hydrogen) atoms. The van der Waals surface area contributed by atoms with Gasteiger partial charge in [0.25, 0.3) is 0 Å². The lowest BCUT2D eigenvalue weighted by Crippen LogP contribution is -2.02. The van der Waals surface area contributed by atoms with Crippen LogP contribution in [0, 0.1) is 0 Å². The Labute approximate surface area is 128 Å². The summed E-state index contributed by atoms with van der Waals surface area (Å²) in [7, 11) is 0. The van der Waals surface area contributed by atoms with E-state index in [1.165, 1.54) is 0 Å². The third-order valence-electron chi connectivity index (χ3n) is 3.08. The third-order valence-corrected chi connectivity index (χ3v) is 3.33. The van der Waals surface area contributed by atoms with Crippen molar-refractivity contribution in [3.8, 4) is 17.2 Å². The second-order valence-corrected chi connectivity index (χ2v) is 4.80. The Morgan fingerprint density at radius 2 is 1.71 bits per heavy atom. The van der Waals surface area contributed by atoms with Crippen molar-refractivity contribution in [1.82, 2.24) is 14.8 Å². The molecule has 0 fully saturated rings. The minimum Gasteiger partial charge on any atom is -0.455 e. The molecule has 0 unspecified atom stereocenters. The molecule has 0 bridgehead atoms. The summed E-state index contributed by atoms with van der Waals surface area (Å²) in [6.07, 6.45) is 0.736. The summed E-state index contributed by atoms with van der Waals surface area (Å²) >= 11 is 6.17. The number of rotatable bonds is 4. The molecule has 1 heterocycles. The second-order valence-electron chi connectivity index (χ2n) is 4.46. The zero-order valence-corrected chi connectivity index (χ0v) is 12.3. The topological polar surface area (TPSA) is 39.9 Å². The van der Waals surface area contributed by atoms with Crippen LogP contribution in [0.25, 0.3) is 5.69 Å². The number of aromatic nitrogens is 3. The number of nitrogens with zero attached hydrogens (tertiary/aromatic N) is 3. The van der Waals surface area contributed by atoms with Gasteiger partial charge >= 0.3 is 0 Å². The van der Waals surface area contributed by atoms with Gasteiger partial charge in [-0.2, -0.15) is 0 Å². The van der Waals surface area contributed by atoms with Gasteiger partial charge in [-0.05, 0) is 35.9 Å². The summed E-state index contributed by atoms with van der Waals surface area (Å²) in [5.41, 5.74) is 0.827. The molecule has 0 spiro atoms. The highest BCUT2D eigenvalue weighted by Crippen LogP contribution is 2.30. The first-order valence-electron chi connectivity index (χ1n) is 6.71. The Morgan fingerprint density at radius 3 is 2.48 bits per heavy atom. The number of benzene rings is 2. The van der Waals surface area contributed by atoms with E-state index >= 15 is 0 Å². The summed E-state index contributed by atoms with van der Waals surface area (Å²) in [4.78, 5) is 0. The first-order valence-corrected chi connectivity index (χ1v) is 7.09. The van der Waals surface area contributed by atoms with E-state index in [0.29, 0.717) is 11.0 Å². The van der Waals surface area contributed by atoms with Crippen LogP contribution in [-0.4, -0.2) is 14.8 Å². The van der Waals surface area contributed by atoms with Crippen molar-refractivity contribution < 1.29 is 4.74 Å². The quantitative estimate of drug-likeness (QED) is 0.722. The molecule has 0 aliphatic heterocycles. The van der Waals surface area contributed by atoms with Crippen molar-refractivity contribution in [3.05, 3.63) is 65.7 Å². The molecule has 5 heteroatoms. The maximum atomic E-state index is 6.17. The summed E-state index contributed by atoms with van der Waals surface area (Å²) in [6, 6.07) is 17.3. The maximum absolute atomic E-state index is 6.17. The van der Waals surface area contributed by atoms with Gasteiger partial charge in [0.2, 0.25) is 5.28 Å². The van der Waals surface area contributed by atoms with Crippen molar-refractivity contribution in [1.29, 1.82) is 0 Å². The number of aryl methyl sites for hydroxylation is 1. The van der Waals surface area contributed by atoms with Gasteiger partial charge in [-0.3, -0.25) is 4.57 Å². The Kier molecular flexibility index (Phi) is 3.88. The molecule has 3 aromatic rings. The number of ether oxygens (including phenoxy) is 1. The Bertz CT molecular complexity index is 740. The van der Waals surface area contributed by atoms with Crippen molar-refractivity contribution in [3.63, 3.8) is 0 Å². The number of para-hydroxylation sites is 3. The Morgan fingerprint density at radius 1 is 1.00 bits per heavy atom. The van der Waals surface area contributed by atoms with Crippen LogP contribution in [0.4, 0.5) is 0 Å².